The van der Waals surface area contributed by atoms with Gasteiger partial charge in [0.1, 0.15) is 0 Å². The fourth-order valence-electron chi connectivity index (χ4n) is 1.29. The van der Waals surface area contributed by atoms with Gasteiger partial charge in [0, 0.05) is 19.6 Å². The van der Waals surface area contributed by atoms with Crippen molar-refractivity contribution in [2.45, 2.75) is 45.0 Å². The van der Waals surface area contributed by atoms with E-state index >= 15 is 0 Å². The Morgan fingerprint density at radius 2 is 1.75 bits per heavy atom. The maximum absolute atomic E-state index is 12.0. The molecule has 0 rings (SSSR count). The Kier molecular flexibility index (Phi) is 8.10. The number of hydrogen-bond donors (Lipinski definition) is 1. The number of carbonyl (C=O) groups is 1. The normalized spacial score (nSPS) is 12.7. The summed E-state index contributed by atoms with van der Waals surface area (Å²) in [7, 11) is -5.60. The number of rotatable bonds is 9. The molecule has 0 saturated carbocycles. The summed E-state index contributed by atoms with van der Waals surface area (Å²) in [5.74, 6) is -0.620. The standard InChI is InChI=1S/C11H20F3NO4S/c1-9(2)5-3-7-19-8-4-6-10(16)15-20(17,18)11(12,13)14/h9H,3-8H2,1-2H3,(H,15,16). The van der Waals surface area contributed by atoms with E-state index < -0.39 is 21.4 Å². The van der Waals surface area contributed by atoms with E-state index in [2.05, 4.69) is 13.8 Å². The second kappa shape index (κ2) is 8.46. The first kappa shape index (κ1) is 19.2. The summed E-state index contributed by atoms with van der Waals surface area (Å²) in [6.45, 7) is 4.87. The lowest BCUT2D eigenvalue weighted by Gasteiger charge is -2.09. The molecule has 0 radical (unpaired) electrons. The molecular formula is C11H20F3NO4S. The predicted molar refractivity (Wildman–Crippen MR) is 67.2 cm³/mol. The van der Waals surface area contributed by atoms with Crippen LogP contribution in [0.3, 0.4) is 0 Å². The fourth-order valence-corrected chi connectivity index (χ4v) is 1.81. The van der Waals surface area contributed by atoms with Gasteiger partial charge in [0.05, 0.1) is 0 Å². The van der Waals surface area contributed by atoms with Gasteiger partial charge >= 0.3 is 15.5 Å². The van der Waals surface area contributed by atoms with E-state index in [-0.39, 0.29) is 19.4 Å². The molecule has 0 aliphatic carbocycles. The van der Waals surface area contributed by atoms with Gasteiger partial charge in [-0.1, -0.05) is 13.8 Å². The Bertz CT molecular complexity index is 393. The molecule has 0 unspecified atom stereocenters. The van der Waals surface area contributed by atoms with Crippen molar-refractivity contribution in [3.8, 4) is 0 Å². The van der Waals surface area contributed by atoms with Gasteiger partial charge < -0.3 is 4.74 Å². The van der Waals surface area contributed by atoms with E-state index in [0.29, 0.717) is 12.5 Å². The van der Waals surface area contributed by atoms with Crippen molar-refractivity contribution in [1.82, 2.24) is 4.72 Å². The smallest absolute Gasteiger partial charge is 0.381 e. The topological polar surface area (TPSA) is 72.5 Å². The van der Waals surface area contributed by atoms with Gasteiger partial charge in [0.15, 0.2) is 0 Å². The number of carbonyl (C=O) groups excluding carboxylic acids is 1. The highest BCUT2D eigenvalue weighted by atomic mass is 32.2. The fraction of sp³-hybridized carbons (Fsp3) is 0.909. The first-order chi connectivity index (χ1) is 9.06. The lowest BCUT2D eigenvalue weighted by molar-refractivity contribution is -0.120. The Labute approximate surface area is 116 Å². The molecule has 0 saturated heterocycles. The van der Waals surface area contributed by atoms with E-state index in [9.17, 15) is 26.4 Å². The van der Waals surface area contributed by atoms with Crippen molar-refractivity contribution >= 4 is 15.9 Å². The third-order valence-electron chi connectivity index (χ3n) is 2.32. The molecule has 1 amide bonds. The third kappa shape index (κ3) is 8.36. The molecule has 0 spiro atoms. The molecule has 0 aromatic heterocycles. The van der Waals surface area contributed by atoms with Crippen LogP contribution < -0.4 is 4.72 Å². The van der Waals surface area contributed by atoms with Gasteiger partial charge in [-0.05, 0) is 25.2 Å². The zero-order chi connectivity index (χ0) is 15.8. The van der Waals surface area contributed by atoms with E-state index in [1.165, 1.54) is 0 Å². The first-order valence-corrected chi connectivity index (χ1v) is 7.74. The highest BCUT2D eigenvalue weighted by Gasteiger charge is 2.46. The number of halogens is 3. The number of amides is 1. The van der Waals surface area contributed by atoms with Crippen molar-refractivity contribution in [2.24, 2.45) is 5.92 Å². The molecule has 120 valence electrons. The van der Waals surface area contributed by atoms with Crippen LogP contribution in [0.4, 0.5) is 13.2 Å². The van der Waals surface area contributed by atoms with Crippen LogP contribution in [-0.2, 0) is 19.6 Å². The van der Waals surface area contributed by atoms with Crippen molar-refractivity contribution in [3.63, 3.8) is 0 Å². The predicted octanol–water partition coefficient (Wildman–Crippen LogP) is 2.19. The van der Waals surface area contributed by atoms with Crippen LogP contribution in [0.1, 0.15) is 39.5 Å². The van der Waals surface area contributed by atoms with Gasteiger partial charge in [0.25, 0.3) is 0 Å². The van der Waals surface area contributed by atoms with Crippen molar-refractivity contribution < 1.29 is 31.1 Å². The summed E-state index contributed by atoms with van der Waals surface area (Å²) >= 11 is 0. The van der Waals surface area contributed by atoms with Crippen LogP contribution in [0.5, 0.6) is 0 Å². The number of alkyl halides is 3. The van der Waals surface area contributed by atoms with E-state index in [1.54, 1.807) is 0 Å². The lowest BCUT2D eigenvalue weighted by Crippen LogP contribution is -2.40. The summed E-state index contributed by atoms with van der Waals surface area (Å²) in [4.78, 5) is 11.0. The molecule has 20 heavy (non-hydrogen) atoms. The van der Waals surface area contributed by atoms with Crippen LogP contribution in [0.15, 0.2) is 0 Å². The van der Waals surface area contributed by atoms with Crippen molar-refractivity contribution in [3.05, 3.63) is 0 Å². The number of nitrogens with one attached hydrogen (secondary N) is 1. The highest BCUT2D eigenvalue weighted by Crippen LogP contribution is 2.21. The first-order valence-electron chi connectivity index (χ1n) is 6.26. The SMILES string of the molecule is CC(C)CCCOCCCC(=O)NS(=O)(=O)C(F)(F)F. The van der Waals surface area contributed by atoms with Gasteiger partial charge in [-0.15, -0.1) is 0 Å². The molecule has 0 heterocycles. The molecule has 5 nitrogen and oxygen atoms in total. The van der Waals surface area contributed by atoms with Crippen molar-refractivity contribution in [2.75, 3.05) is 13.2 Å². The molecule has 0 aliphatic heterocycles. The Balaban J connectivity index is 3.75. The summed E-state index contributed by atoms with van der Waals surface area (Å²) < 4.78 is 63.2. The molecule has 0 bridgehead atoms. The summed E-state index contributed by atoms with van der Waals surface area (Å²) in [6, 6.07) is 0. The Hall–Kier alpha value is -0.830. The van der Waals surface area contributed by atoms with E-state index in [4.69, 9.17) is 4.74 Å². The number of sulfonamides is 1. The van der Waals surface area contributed by atoms with Crippen LogP contribution in [0.25, 0.3) is 0 Å². The molecule has 0 aromatic carbocycles. The van der Waals surface area contributed by atoms with Crippen LogP contribution in [0.2, 0.25) is 0 Å². The molecule has 9 heteroatoms. The lowest BCUT2D eigenvalue weighted by atomic mass is 10.1. The summed E-state index contributed by atoms with van der Waals surface area (Å²) in [6.07, 6.45) is 1.71. The second-order valence-corrected chi connectivity index (χ2v) is 6.40. The van der Waals surface area contributed by atoms with E-state index in [1.807, 2.05) is 0 Å². The largest absolute Gasteiger partial charge is 0.516 e. The summed E-state index contributed by atoms with van der Waals surface area (Å²) in [5.41, 5.74) is -5.48. The van der Waals surface area contributed by atoms with Crippen molar-refractivity contribution in [1.29, 1.82) is 0 Å². The average molecular weight is 319 g/mol. The molecule has 1 N–H and O–H groups in total. The minimum Gasteiger partial charge on any atom is -0.381 e. The number of ether oxygens (including phenoxy) is 1. The average Bonchev–Trinajstić information content (AvgIpc) is 2.25. The maximum Gasteiger partial charge on any atom is 0.516 e. The molecule has 0 aromatic rings. The zero-order valence-corrected chi connectivity index (χ0v) is 12.3. The minimum absolute atomic E-state index is 0.168. The molecule has 0 fully saturated rings. The second-order valence-electron chi connectivity index (χ2n) is 4.73. The zero-order valence-electron chi connectivity index (χ0n) is 11.5. The van der Waals surface area contributed by atoms with Gasteiger partial charge in [-0.2, -0.15) is 21.6 Å². The minimum atomic E-state index is -5.60. The summed E-state index contributed by atoms with van der Waals surface area (Å²) in [5, 5.41) is 0. The highest BCUT2D eigenvalue weighted by molar-refractivity contribution is 7.90. The van der Waals surface area contributed by atoms with Gasteiger partial charge in [-0.3, -0.25) is 4.79 Å². The molecule has 0 aliphatic rings. The monoisotopic (exact) mass is 319 g/mol. The van der Waals surface area contributed by atoms with Gasteiger partial charge in [0.2, 0.25) is 5.91 Å². The van der Waals surface area contributed by atoms with Crippen LogP contribution >= 0.6 is 0 Å². The maximum atomic E-state index is 12.0. The van der Waals surface area contributed by atoms with Gasteiger partial charge in [-0.25, -0.2) is 4.72 Å². The number of hydrogen-bond acceptors (Lipinski definition) is 4. The van der Waals surface area contributed by atoms with E-state index in [0.717, 1.165) is 17.6 Å². The van der Waals surface area contributed by atoms with Crippen LogP contribution in [0, 0.1) is 5.92 Å². The molecular weight excluding hydrogens is 299 g/mol. The Morgan fingerprint density at radius 3 is 2.25 bits per heavy atom. The quantitative estimate of drug-likeness (QED) is 0.661. The molecule has 0 atom stereocenters. The van der Waals surface area contributed by atoms with Crippen LogP contribution in [-0.4, -0.2) is 33.0 Å². The third-order valence-corrected chi connectivity index (χ3v) is 3.42. The Morgan fingerprint density at radius 1 is 1.20 bits per heavy atom.